The molecule has 2 aliphatic heterocycles. The standard InChI is InChI=1S/C21H23FN2O3/c1-21(2,15-3-8-18-19(13-15)27-14-26-18)20(25)24-11-9-23(10-12-24)17-6-4-16(22)5-7-17/h3-8,13H,9-12,14H2,1-2H3. The molecule has 2 heterocycles. The van der Waals surface area contributed by atoms with Crippen LogP contribution in [0, 0.1) is 5.82 Å². The van der Waals surface area contributed by atoms with Gasteiger partial charge in [0.05, 0.1) is 5.41 Å². The molecule has 2 aromatic rings. The number of ether oxygens (including phenoxy) is 2. The maximum Gasteiger partial charge on any atom is 0.232 e. The average molecular weight is 370 g/mol. The predicted molar refractivity (Wildman–Crippen MR) is 101 cm³/mol. The van der Waals surface area contributed by atoms with Crippen molar-refractivity contribution in [1.82, 2.24) is 4.90 Å². The summed E-state index contributed by atoms with van der Waals surface area (Å²) in [5, 5.41) is 0. The summed E-state index contributed by atoms with van der Waals surface area (Å²) in [6, 6.07) is 12.2. The van der Waals surface area contributed by atoms with Crippen LogP contribution in [0.25, 0.3) is 0 Å². The minimum atomic E-state index is -0.654. The lowest BCUT2D eigenvalue weighted by atomic mass is 9.82. The van der Waals surface area contributed by atoms with Gasteiger partial charge in [0.25, 0.3) is 0 Å². The molecule has 0 atom stereocenters. The Kier molecular flexibility index (Phi) is 4.42. The maximum atomic E-state index is 13.2. The summed E-state index contributed by atoms with van der Waals surface area (Å²) in [6.45, 7) is 6.86. The van der Waals surface area contributed by atoms with Gasteiger partial charge in [0, 0.05) is 31.9 Å². The number of nitrogens with zero attached hydrogens (tertiary/aromatic N) is 2. The number of fused-ring (bicyclic) bond motifs is 1. The van der Waals surface area contributed by atoms with Gasteiger partial charge in [-0.15, -0.1) is 0 Å². The zero-order chi connectivity index (χ0) is 19.0. The minimum Gasteiger partial charge on any atom is -0.454 e. The third-order valence-electron chi connectivity index (χ3n) is 5.39. The normalized spacial score (nSPS) is 16.6. The van der Waals surface area contributed by atoms with Crippen LogP contribution in [0.5, 0.6) is 11.5 Å². The van der Waals surface area contributed by atoms with E-state index in [1.54, 1.807) is 12.1 Å². The molecule has 2 aromatic carbocycles. The van der Waals surface area contributed by atoms with Crippen LogP contribution in [0.2, 0.25) is 0 Å². The van der Waals surface area contributed by atoms with Crippen LogP contribution >= 0.6 is 0 Å². The quantitative estimate of drug-likeness (QED) is 0.832. The van der Waals surface area contributed by atoms with Gasteiger partial charge in [0.2, 0.25) is 12.7 Å². The summed E-state index contributed by atoms with van der Waals surface area (Å²) in [5.74, 6) is 1.27. The number of amides is 1. The van der Waals surface area contributed by atoms with Crippen molar-refractivity contribution in [2.75, 3.05) is 37.9 Å². The molecule has 1 fully saturated rings. The summed E-state index contributed by atoms with van der Waals surface area (Å²) in [4.78, 5) is 17.3. The highest BCUT2D eigenvalue weighted by atomic mass is 19.1. The number of hydrogen-bond donors (Lipinski definition) is 0. The number of rotatable bonds is 3. The molecule has 5 nitrogen and oxygen atoms in total. The van der Waals surface area contributed by atoms with Crippen molar-refractivity contribution in [1.29, 1.82) is 0 Å². The van der Waals surface area contributed by atoms with Crippen LogP contribution in [-0.2, 0) is 10.2 Å². The Bertz CT molecular complexity index is 843. The molecule has 2 aliphatic rings. The molecule has 1 amide bonds. The smallest absolute Gasteiger partial charge is 0.232 e. The highest BCUT2D eigenvalue weighted by molar-refractivity contribution is 5.88. The Morgan fingerprint density at radius 3 is 2.33 bits per heavy atom. The first kappa shape index (κ1) is 17.6. The number of piperazine rings is 1. The summed E-state index contributed by atoms with van der Waals surface area (Å²) in [5.41, 5.74) is 1.25. The lowest BCUT2D eigenvalue weighted by molar-refractivity contribution is -0.136. The molecule has 0 unspecified atom stereocenters. The van der Waals surface area contributed by atoms with Gasteiger partial charge in [0.1, 0.15) is 5.82 Å². The van der Waals surface area contributed by atoms with Gasteiger partial charge >= 0.3 is 0 Å². The van der Waals surface area contributed by atoms with Crippen molar-refractivity contribution >= 4 is 11.6 Å². The molecule has 0 aliphatic carbocycles. The topological polar surface area (TPSA) is 42.0 Å². The van der Waals surface area contributed by atoms with Crippen molar-refractivity contribution in [2.45, 2.75) is 19.3 Å². The number of hydrogen-bond acceptors (Lipinski definition) is 4. The maximum absolute atomic E-state index is 13.2. The molecule has 0 N–H and O–H groups in total. The molecule has 0 aromatic heterocycles. The molecule has 0 spiro atoms. The largest absolute Gasteiger partial charge is 0.454 e. The molecular weight excluding hydrogens is 347 g/mol. The Balaban J connectivity index is 1.44. The number of carbonyl (C=O) groups is 1. The van der Waals surface area contributed by atoms with E-state index in [0.717, 1.165) is 30.1 Å². The third-order valence-corrected chi connectivity index (χ3v) is 5.39. The summed E-state index contributed by atoms with van der Waals surface area (Å²) < 4.78 is 23.9. The molecule has 4 rings (SSSR count). The lowest BCUT2D eigenvalue weighted by Gasteiger charge is -2.39. The van der Waals surface area contributed by atoms with E-state index in [-0.39, 0.29) is 18.5 Å². The summed E-state index contributed by atoms with van der Waals surface area (Å²) in [6.07, 6.45) is 0. The van der Waals surface area contributed by atoms with Crippen LogP contribution in [-0.4, -0.2) is 43.8 Å². The van der Waals surface area contributed by atoms with Crippen molar-refractivity contribution in [3.63, 3.8) is 0 Å². The summed E-state index contributed by atoms with van der Waals surface area (Å²) in [7, 11) is 0. The molecule has 0 saturated carbocycles. The Morgan fingerprint density at radius 1 is 0.963 bits per heavy atom. The van der Waals surface area contributed by atoms with Crippen molar-refractivity contribution in [2.24, 2.45) is 0 Å². The van der Waals surface area contributed by atoms with Gasteiger partial charge in [-0.1, -0.05) is 6.07 Å². The first-order chi connectivity index (χ1) is 12.9. The fourth-order valence-electron chi connectivity index (χ4n) is 3.62. The van der Waals surface area contributed by atoms with Crippen LogP contribution < -0.4 is 14.4 Å². The number of anilines is 1. The van der Waals surface area contributed by atoms with Crippen molar-refractivity contribution < 1.29 is 18.7 Å². The molecule has 27 heavy (non-hydrogen) atoms. The van der Waals surface area contributed by atoms with E-state index in [0.29, 0.717) is 18.8 Å². The van der Waals surface area contributed by atoms with Crippen LogP contribution in [0.3, 0.4) is 0 Å². The van der Waals surface area contributed by atoms with Gasteiger partial charge in [-0.25, -0.2) is 4.39 Å². The highest BCUT2D eigenvalue weighted by Gasteiger charge is 2.36. The number of benzene rings is 2. The van der Waals surface area contributed by atoms with Gasteiger partial charge < -0.3 is 19.3 Å². The van der Waals surface area contributed by atoms with E-state index in [2.05, 4.69) is 4.90 Å². The summed E-state index contributed by atoms with van der Waals surface area (Å²) >= 11 is 0. The molecule has 1 saturated heterocycles. The fraction of sp³-hybridized carbons (Fsp3) is 0.381. The van der Waals surface area contributed by atoms with E-state index in [4.69, 9.17) is 9.47 Å². The van der Waals surface area contributed by atoms with Gasteiger partial charge in [0.15, 0.2) is 11.5 Å². The second-order valence-electron chi connectivity index (χ2n) is 7.45. The second kappa shape index (κ2) is 6.76. The lowest BCUT2D eigenvalue weighted by Crippen LogP contribution is -2.53. The van der Waals surface area contributed by atoms with E-state index >= 15 is 0 Å². The van der Waals surface area contributed by atoms with Crippen LogP contribution in [0.1, 0.15) is 19.4 Å². The molecule has 6 heteroatoms. The highest BCUT2D eigenvalue weighted by Crippen LogP contribution is 2.37. The molecular formula is C21H23FN2O3. The molecule has 0 bridgehead atoms. The third kappa shape index (κ3) is 3.31. The first-order valence-corrected chi connectivity index (χ1v) is 9.15. The second-order valence-corrected chi connectivity index (χ2v) is 7.45. The van der Waals surface area contributed by atoms with Gasteiger partial charge in [-0.2, -0.15) is 0 Å². The molecule has 0 radical (unpaired) electrons. The predicted octanol–water partition coefficient (Wildman–Crippen LogP) is 3.18. The number of carbonyl (C=O) groups excluding carboxylic acids is 1. The SMILES string of the molecule is CC(C)(C(=O)N1CCN(c2ccc(F)cc2)CC1)c1ccc2c(c1)OCO2. The Labute approximate surface area is 158 Å². The van der Waals surface area contributed by atoms with E-state index in [1.165, 1.54) is 12.1 Å². The van der Waals surface area contributed by atoms with Crippen LogP contribution in [0.4, 0.5) is 10.1 Å². The van der Waals surface area contributed by atoms with Gasteiger partial charge in [-0.3, -0.25) is 4.79 Å². The van der Waals surface area contributed by atoms with Crippen molar-refractivity contribution in [3.05, 3.63) is 53.8 Å². The van der Waals surface area contributed by atoms with Crippen LogP contribution in [0.15, 0.2) is 42.5 Å². The fourth-order valence-corrected chi connectivity index (χ4v) is 3.62. The van der Waals surface area contributed by atoms with E-state index < -0.39 is 5.41 Å². The van der Waals surface area contributed by atoms with Gasteiger partial charge in [-0.05, 0) is 55.8 Å². The van der Waals surface area contributed by atoms with E-state index in [1.807, 2.05) is 36.9 Å². The monoisotopic (exact) mass is 370 g/mol. The zero-order valence-electron chi connectivity index (χ0n) is 15.6. The van der Waals surface area contributed by atoms with E-state index in [9.17, 15) is 9.18 Å². The Hall–Kier alpha value is -2.76. The minimum absolute atomic E-state index is 0.0973. The molecule has 142 valence electrons. The first-order valence-electron chi connectivity index (χ1n) is 9.15. The Morgan fingerprint density at radius 2 is 1.63 bits per heavy atom. The number of halogens is 1. The van der Waals surface area contributed by atoms with Crippen molar-refractivity contribution in [3.8, 4) is 11.5 Å². The zero-order valence-corrected chi connectivity index (χ0v) is 15.6. The average Bonchev–Trinajstić information content (AvgIpc) is 3.16.